The molecule has 1 saturated heterocycles. The van der Waals surface area contributed by atoms with E-state index >= 15 is 0 Å². The molecule has 98 valence electrons. The van der Waals surface area contributed by atoms with E-state index in [-0.39, 0.29) is 0 Å². The summed E-state index contributed by atoms with van der Waals surface area (Å²) < 4.78 is 5.47. The third kappa shape index (κ3) is 1.87. The lowest BCUT2D eigenvalue weighted by Crippen LogP contribution is -2.08. The Morgan fingerprint density at radius 1 is 1.21 bits per heavy atom. The van der Waals surface area contributed by atoms with Crippen LogP contribution in [-0.2, 0) is 6.42 Å². The molecule has 0 spiro atoms. The fourth-order valence-electron chi connectivity index (χ4n) is 3.25. The molecule has 1 N–H and O–H groups in total. The van der Waals surface area contributed by atoms with Gasteiger partial charge in [0.25, 0.3) is 0 Å². The summed E-state index contributed by atoms with van der Waals surface area (Å²) in [7, 11) is 0. The molecule has 1 aromatic heterocycles. The fourth-order valence-corrected chi connectivity index (χ4v) is 3.25. The average Bonchev–Trinajstić information content (AvgIpc) is 3.18. The SMILES string of the molecule is c1ccc2c(c1)CCC2c1noc(C2CCNC2)n1. The second kappa shape index (κ2) is 4.46. The summed E-state index contributed by atoms with van der Waals surface area (Å²) in [6, 6.07) is 8.60. The van der Waals surface area contributed by atoms with Gasteiger partial charge in [-0.2, -0.15) is 4.98 Å². The zero-order valence-corrected chi connectivity index (χ0v) is 10.8. The molecular formula is C15H17N3O. The topological polar surface area (TPSA) is 51.0 Å². The molecule has 0 bridgehead atoms. The van der Waals surface area contributed by atoms with Crippen LogP contribution >= 0.6 is 0 Å². The summed E-state index contributed by atoms with van der Waals surface area (Å²) in [6.45, 7) is 2.01. The number of aryl methyl sites for hydroxylation is 1. The van der Waals surface area contributed by atoms with Crippen LogP contribution in [0, 0.1) is 0 Å². The lowest BCUT2D eigenvalue weighted by Gasteiger charge is -2.05. The summed E-state index contributed by atoms with van der Waals surface area (Å²) in [4.78, 5) is 4.66. The molecule has 0 saturated carbocycles. The van der Waals surface area contributed by atoms with Gasteiger partial charge in [-0.05, 0) is 36.9 Å². The largest absolute Gasteiger partial charge is 0.339 e. The predicted molar refractivity (Wildman–Crippen MR) is 71.1 cm³/mol. The Morgan fingerprint density at radius 2 is 2.16 bits per heavy atom. The van der Waals surface area contributed by atoms with Crippen molar-refractivity contribution in [3.8, 4) is 0 Å². The van der Waals surface area contributed by atoms with Crippen LogP contribution in [0.1, 0.15) is 47.5 Å². The minimum absolute atomic E-state index is 0.322. The normalized spacial score (nSPS) is 25.7. The second-order valence-electron chi connectivity index (χ2n) is 5.47. The van der Waals surface area contributed by atoms with Gasteiger partial charge in [-0.3, -0.25) is 0 Å². The molecule has 4 rings (SSSR count). The quantitative estimate of drug-likeness (QED) is 0.894. The van der Waals surface area contributed by atoms with Crippen molar-refractivity contribution in [1.29, 1.82) is 0 Å². The van der Waals surface area contributed by atoms with Gasteiger partial charge in [-0.15, -0.1) is 0 Å². The van der Waals surface area contributed by atoms with Crippen LogP contribution in [0.5, 0.6) is 0 Å². The Bertz CT molecular complexity index is 587. The Kier molecular flexibility index (Phi) is 2.62. The van der Waals surface area contributed by atoms with E-state index in [1.165, 1.54) is 11.1 Å². The average molecular weight is 255 g/mol. The maximum absolute atomic E-state index is 5.47. The van der Waals surface area contributed by atoms with Gasteiger partial charge >= 0.3 is 0 Å². The van der Waals surface area contributed by atoms with E-state index < -0.39 is 0 Å². The monoisotopic (exact) mass is 255 g/mol. The molecule has 0 radical (unpaired) electrons. The third-order valence-electron chi connectivity index (χ3n) is 4.31. The first-order chi connectivity index (χ1) is 9.42. The van der Waals surface area contributed by atoms with Crippen LogP contribution in [0.15, 0.2) is 28.8 Å². The zero-order valence-electron chi connectivity index (χ0n) is 10.8. The van der Waals surface area contributed by atoms with Gasteiger partial charge in [0, 0.05) is 12.5 Å². The molecular weight excluding hydrogens is 238 g/mol. The number of nitrogens with one attached hydrogen (secondary N) is 1. The summed E-state index contributed by atoms with van der Waals surface area (Å²) >= 11 is 0. The Hall–Kier alpha value is -1.68. The molecule has 0 amide bonds. The zero-order chi connectivity index (χ0) is 12.7. The molecule has 4 nitrogen and oxygen atoms in total. The van der Waals surface area contributed by atoms with Gasteiger partial charge in [0.2, 0.25) is 5.89 Å². The van der Waals surface area contributed by atoms with Crippen molar-refractivity contribution in [3.63, 3.8) is 0 Å². The van der Waals surface area contributed by atoms with Crippen molar-refractivity contribution in [2.75, 3.05) is 13.1 Å². The molecule has 1 aliphatic heterocycles. The summed E-state index contributed by atoms with van der Waals surface area (Å²) in [5.74, 6) is 2.40. The molecule has 2 heterocycles. The number of benzene rings is 1. The highest BCUT2D eigenvalue weighted by molar-refractivity contribution is 5.38. The summed E-state index contributed by atoms with van der Waals surface area (Å²) in [6.07, 6.45) is 3.32. The lowest BCUT2D eigenvalue weighted by atomic mass is 10.0. The number of aromatic nitrogens is 2. The molecule has 2 aromatic rings. The van der Waals surface area contributed by atoms with E-state index in [4.69, 9.17) is 4.52 Å². The number of nitrogens with zero attached hydrogens (tertiary/aromatic N) is 2. The van der Waals surface area contributed by atoms with Gasteiger partial charge in [-0.1, -0.05) is 29.4 Å². The second-order valence-corrected chi connectivity index (χ2v) is 5.47. The standard InChI is InChI=1S/C15H17N3O/c1-2-4-12-10(3-1)5-6-13(12)14-17-15(19-18-14)11-7-8-16-9-11/h1-4,11,13,16H,5-9H2. The van der Waals surface area contributed by atoms with Crippen LogP contribution in [-0.4, -0.2) is 23.2 Å². The van der Waals surface area contributed by atoms with Gasteiger partial charge in [0.05, 0.1) is 5.92 Å². The fraction of sp³-hybridized carbons (Fsp3) is 0.467. The maximum Gasteiger partial charge on any atom is 0.231 e. The molecule has 4 heteroatoms. The molecule has 2 aliphatic rings. The minimum Gasteiger partial charge on any atom is -0.339 e. The van der Waals surface area contributed by atoms with E-state index in [1.54, 1.807) is 0 Å². The van der Waals surface area contributed by atoms with Gasteiger partial charge < -0.3 is 9.84 Å². The number of hydrogen-bond acceptors (Lipinski definition) is 4. The van der Waals surface area contributed by atoms with Crippen molar-refractivity contribution in [3.05, 3.63) is 47.1 Å². The first-order valence-electron chi connectivity index (χ1n) is 7.04. The predicted octanol–water partition coefficient (Wildman–Crippen LogP) is 2.22. The van der Waals surface area contributed by atoms with Crippen LogP contribution in [0.25, 0.3) is 0 Å². The maximum atomic E-state index is 5.47. The van der Waals surface area contributed by atoms with E-state index in [9.17, 15) is 0 Å². The summed E-state index contributed by atoms with van der Waals surface area (Å²) in [5.41, 5.74) is 2.81. The van der Waals surface area contributed by atoms with Gasteiger partial charge in [0.15, 0.2) is 5.82 Å². The number of fused-ring (bicyclic) bond motifs is 1. The van der Waals surface area contributed by atoms with Crippen LogP contribution in [0.3, 0.4) is 0 Å². The molecule has 2 atom stereocenters. The molecule has 1 fully saturated rings. The van der Waals surface area contributed by atoms with E-state index in [1.807, 2.05) is 0 Å². The van der Waals surface area contributed by atoms with Crippen LogP contribution in [0.2, 0.25) is 0 Å². The Labute approximate surface area is 112 Å². The molecule has 1 aliphatic carbocycles. The smallest absolute Gasteiger partial charge is 0.231 e. The van der Waals surface area contributed by atoms with Crippen LogP contribution < -0.4 is 5.32 Å². The minimum atomic E-state index is 0.322. The summed E-state index contributed by atoms with van der Waals surface area (Å²) in [5, 5.41) is 7.57. The van der Waals surface area contributed by atoms with Gasteiger partial charge in [0.1, 0.15) is 0 Å². The van der Waals surface area contributed by atoms with Crippen LogP contribution in [0.4, 0.5) is 0 Å². The van der Waals surface area contributed by atoms with Gasteiger partial charge in [-0.25, -0.2) is 0 Å². The highest BCUT2D eigenvalue weighted by Crippen LogP contribution is 2.37. The first-order valence-corrected chi connectivity index (χ1v) is 7.04. The number of hydrogen-bond donors (Lipinski definition) is 1. The van der Waals surface area contributed by atoms with E-state index in [2.05, 4.69) is 39.7 Å². The van der Waals surface area contributed by atoms with E-state index in [0.717, 1.165) is 44.1 Å². The van der Waals surface area contributed by atoms with Crippen molar-refractivity contribution < 1.29 is 4.52 Å². The molecule has 2 unspecified atom stereocenters. The third-order valence-corrected chi connectivity index (χ3v) is 4.31. The Balaban J connectivity index is 1.63. The number of rotatable bonds is 2. The van der Waals surface area contributed by atoms with Crippen molar-refractivity contribution in [2.24, 2.45) is 0 Å². The first kappa shape index (κ1) is 11.2. The van der Waals surface area contributed by atoms with Crippen molar-refractivity contribution >= 4 is 0 Å². The molecule has 1 aromatic carbocycles. The van der Waals surface area contributed by atoms with E-state index in [0.29, 0.717) is 11.8 Å². The molecule has 19 heavy (non-hydrogen) atoms. The highest BCUT2D eigenvalue weighted by Gasteiger charge is 2.29. The highest BCUT2D eigenvalue weighted by atomic mass is 16.5. The Morgan fingerprint density at radius 3 is 3.05 bits per heavy atom. The van der Waals surface area contributed by atoms with Crippen molar-refractivity contribution in [1.82, 2.24) is 15.5 Å². The van der Waals surface area contributed by atoms with Crippen molar-refractivity contribution in [2.45, 2.75) is 31.1 Å². The lowest BCUT2D eigenvalue weighted by molar-refractivity contribution is 0.353.